The van der Waals surface area contributed by atoms with Crippen LogP contribution in [0.2, 0.25) is 0 Å². The van der Waals surface area contributed by atoms with Crippen LogP contribution in [0.3, 0.4) is 0 Å². The first-order chi connectivity index (χ1) is 7.59. The highest BCUT2D eigenvalue weighted by molar-refractivity contribution is 6.67. The van der Waals surface area contributed by atoms with Gasteiger partial charge in [0.1, 0.15) is 0 Å². The van der Waals surface area contributed by atoms with Crippen molar-refractivity contribution in [1.29, 1.82) is 0 Å². The third-order valence-electron chi connectivity index (χ3n) is 2.38. The maximum atomic E-state index is 11.3. The van der Waals surface area contributed by atoms with Gasteiger partial charge in [-0.1, -0.05) is 26.0 Å². The number of imidazole rings is 1. The molecule has 3 nitrogen and oxygen atoms in total. The summed E-state index contributed by atoms with van der Waals surface area (Å²) in [6.07, 6.45) is 0. The molecule has 0 aliphatic heterocycles. The van der Waals surface area contributed by atoms with E-state index in [1.54, 1.807) is 0 Å². The SMILES string of the molecule is CC(C)Cn1c(C(=O)Cl)nc2ccccc21. The van der Waals surface area contributed by atoms with Crippen molar-refractivity contribution >= 4 is 27.9 Å². The summed E-state index contributed by atoms with van der Waals surface area (Å²) in [7, 11) is 0. The van der Waals surface area contributed by atoms with Crippen molar-refractivity contribution in [1.82, 2.24) is 9.55 Å². The quantitative estimate of drug-likeness (QED) is 0.768. The van der Waals surface area contributed by atoms with Crippen LogP contribution < -0.4 is 0 Å². The Bertz CT molecular complexity index is 531. The van der Waals surface area contributed by atoms with Crippen LogP contribution in [0.15, 0.2) is 24.3 Å². The highest BCUT2D eigenvalue weighted by Gasteiger charge is 2.15. The van der Waals surface area contributed by atoms with Gasteiger partial charge in [0.05, 0.1) is 11.0 Å². The summed E-state index contributed by atoms with van der Waals surface area (Å²) in [4.78, 5) is 15.5. The Morgan fingerprint density at radius 2 is 2.12 bits per heavy atom. The number of aromatic nitrogens is 2. The van der Waals surface area contributed by atoms with Gasteiger partial charge in [-0.3, -0.25) is 4.79 Å². The molecule has 0 atom stereocenters. The highest BCUT2D eigenvalue weighted by Crippen LogP contribution is 2.18. The summed E-state index contributed by atoms with van der Waals surface area (Å²) in [5.41, 5.74) is 1.77. The van der Waals surface area contributed by atoms with E-state index in [0.717, 1.165) is 17.6 Å². The van der Waals surface area contributed by atoms with Crippen LogP contribution in [0, 0.1) is 5.92 Å². The molecule has 4 heteroatoms. The van der Waals surface area contributed by atoms with Gasteiger partial charge in [-0.05, 0) is 29.7 Å². The Labute approximate surface area is 99.0 Å². The van der Waals surface area contributed by atoms with Gasteiger partial charge in [-0.2, -0.15) is 0 Å². The number of carbonyl (C=O) groups is 1. The number of benzene rings is 1. The largest absolute Gasteiger partial charge is 0.320 e. The fraction of sp³-hybridized carbons (Fsp3) is 0.333. The van der Waals surface area contributed by atoms with Crippen molar-refractivity contribution in [3.63, 3.8) is 0 Å². The van der Waals surface area contributed by atoms with Crippen molar-refractivity contribution < 1.29 is 4.79 Å². The number of hydrogen-bond donors (Lipinski definition) is 0. The summed E-state index contributed by atoms with van der Waals surface area (Å²) in [6, 6.07) is 7.67. The lowest BCUT2D eigenvalue weighted by molar-refractivity contribution is 0.106. The molecule has 0 fully saturated rings. The fourth-order valence-electron chi connectivity index (χ4n) is 1.78. The van der Waals surface area contributed by atoms with Crippen LogP contribution in [0.5, 0.6) is 0 Å². The number of para-hydroxylation sites is 2. The molecular weight excluding hydrogens is 224 g/mol. The molecule has 0 saturated carbocycles. The second kappa shape index (κ2) is 4.26. The minimum absolute atomic E-state index is 0.330. The molecule has 1 aromatic heterocycles. The molecule has 1 heterocycles. The fourth-order valence-corrected chi connectivity index (χ4v) is 1.92. The molecule has 0 amide bonds. The Kier molecular flexibility index (Phi) is 2.97. The third-order valence-corrected chi connectivity index (χ3v) is 2.55. The first kappa shape index (κ1) is 11.1. The Morgan fingerprint density at radius 3 is 2.75 bits per heavy atom. The van der Waals surface area contributed by atoms with Crippen molar-refractivity contribution in [2.75, 3.05) is 0 Å². The molecule has 2 aromatic rings. The predicted molar refractivity (Wildman–Crippen MR) is 64.8 cm³/mol. The molecule has 0 N–H and O–H groups in total. The van der Waals surface area contributed by atoms with Crippen molar-refractivity contribution in [2.24, 2.45) is 5.92 Å². The van der Waals surface area contributed by atoms with Crippen molar-refractivity contribution in [3.8, 4) is 0 Å². The molecule has 0 bridgehead atoms. The zero-order chi connectivity index (χ0) is 11.7. The lowest BCUT2D eigenvalue weighted by Gasteiger charge is -2.09. The number of carbonyl (C=O) groups excluding carboxylic acids is 1. The van der Waals surface area contributed by atoms with E-state index in [1.165, 1.54) is 0 Å². The topological polar surface area (TPSA) is 34.9 Å². The van der Waals surface area contributed by atoms with Crippen LogP contribution in [-0.2, 0) is 6.54 Å². The van der Waals surface area contributed by atoms with Gasteiger partial charge in [0, 0.05) is 6.54 Å². The molecule has 0 radical (unpaired) electrons. The third kappa shape index (κ3) is 1.95. The normalized spacial score (nSPS) is 11.2. The van der Waals surface area contributed by atoms with Crippen LogP contribution in [0.4, 0.5) is 0 Å². The number of nitrogens with zero attached hydrogens (tertiary/aromatic N) is 2. The van der Waals surface area contributed by atoms with E-state index in [0.29, 0.717) is 11.7 Å². The summed E-state index contributed by atoms with van der Waals surface area (Å²) < 4.78 is 1.88. The van der Waals surface area contributed by atoms with Gasteiger partial charge >= 0.3 is 0 Å². The molecule has 0 spiro atoms. The van der Waals surface area contributed by atoms with Crippen LogP contribution in [-0.4, -0.2) is 14.8 Å². The van der Waals surface area contributed by atoms with Crippen LogP contribution >= 0.6 is 11.6 Å². The zero-order valence-electron chi connectivity index (χ0n) is 9.27. The second-order valence-corrected chi connectivity index (χ2v) is 4.55. The number of hydrogen-bond acceptors (Lipinski definition) is 2. The minimum Gasteiger partial charge on any atom is -0.320 e. The molecular formula is C12H13ClN2O. The van der Waals surface area contributed by atoms with Gasteiger partial charge in [-0.15, -0.1) is 0 Å². The lowest BCUT2D eigenvalue weighted by atomic mass is 10.2. The van der Waals surface area contributed by atoms with Gasteiger partial charge in [0.15, 0.2) is 5.82 Å². The average Bonchev–Trinajstić information content (AvgIpc) is 2.57. The Hall–Kier alpha value is -1.35. The second-order valence-electron chi connectivity index (χ2n) is 4.20. The molecule has 2 rings (SSSR count). The maximum Gasteiger partial charge on any atom is 0.288 e. The first-order valence-electron chi connectivity index (χ1n) is 5.24. The molecule has 1 aromatic carbocycles. The molecule has 0 unspecified atom stereocenters. The molecule has 0 aliphatic rings. The van der Waals surface area contributed by atoms with Crippen LogP contribution in [0.1, 0.15) is 24.5 Å². The number of rotatable bonds is 3. The molecule has 0 aliphatic carbocycles. The monoisotopic (exact) mass is 236 g/mol. The van der Waals surface area contributed by atoms with E-state index in [2.05, 4.69) is 18.8 Å². The Balaban J connectivity index is 2.64. The summed E-state index contributed by atoms with van der Waals surface area (Å²) in [5, 5.41) is -0.503. The van der Waals surface area contributed by atoms with E-state index in [1.807, 2.05) is 28.8 Å². The van der Waals surface area contributed by atoms with Crippen molar-refractivity contribution in [3.05, 3.63) is 30.1 Å². The number of fused-ring (bicyclic) bond motifs is 1. The number of halogens is 1. The molecule has 0 saturated heterocycles. The minimum atomic E-state index is -0.503. The van der Waals surface area contributed by atoms with Gasteiger partial charge < -0.3 is 4.57 Å². The highest BCUT2D eigenvalue weighted by atomic mass is 35.5. The van der Waals surface area contributed by atoms with Crippen LogP contribution in [0.25, 0.3) is 11.0 Å². The maximum absolute atomic E-state index is 11.3. The van der Waals surface area contributed by atoms with E-state index in [9.17, 15) is 4.79 Å². The van der Waals surface area contributed by atoms with Gasteiger partial charge in [-0.25, -0.2) is 4.98 Å². The van der Waals surface area contributed by atoms with E-state index in [4.69, 9.17) is 11.6 Å². The summed E-state index contributed by atoms with van der Waals surface area (Å²) in [5.74, 6) is 0.768. The smallest absolute Gasteiger partial charge is 0.288 e. The Morgan fingerprint density at radius 1 is 1.44 bits per heavy atom. The summed E-state index contributed by atoms with van der Waals surface area (Å²) in [6.45, 7) is 4.93. The van der Waals surface area contributed by atoms with E-state index < -0.39 is 5.24 Å². The average molecular weight is 237 g/mol. The standard InChI is InChI=1S/C12H13ClN2O/c1-8(2)7-15-10-6-4-3-5-9(10)14-12(15)11(13)16/h3-6,8H,7H2,1-2H3. The zero-order valence-corrected chi connectivity index (χ0v) is 10.0. The van der Waals surface area contributed by atoms with Gasteiger partial charge in [0.2, 0.25) is 0 Å². The van der Waals surface area contributed by atoms with Crippen molar-refractivity contribution in [2.45, 2.75) is 20.4 Å². The summed E-state index contributed by atoms with van der Waals surface area (Å²) >= 11 is 5.54. The first-order valence-corrected chi connectivity index (χ1v) is 5.62. The van der Waals surface area contributed by atoms with Gasteiger partial charge in [0.25, 0.3) is 5.24 Å². The molecule has 84 valence electrons. The van der Waals surface area contributed by atoms with E-state index >= 15 is 0 Å². The predicted octanol–water partition coefficient (Wildman–Crippen LogP) is 3.07. The lowest BCUT2D eigenvalue weighted by Crippen LogP contribution is -2.10. The molecule has 16 heavy (non-hydrogen) atoms. The van der Waals surface area contributed by atoms with E-state index in [-0.39, 0.29) is 0 Å².